The van der Waals surface area contributed by atoms with E-state index in [9.17, 15) is 19.7 Å². The topological polar surface area (TPSA) is 135 Å². The molecule has 2 N–H and O–H groups in total. The third-order valence-electron chi connectivity index (χ3n) is 2.45. The quantitative estimate of drug-likeness (QED) is 0.639. The summed E-state index contributed by atoms with van der Waals surface area (Å²) in [5, 5.41) is 21.8. The molecule has 9 nitrogen and oxygen atoms in total. The first-order valence-electron chi connectivity index (χ1n) is 5.59. The molecule has 0 aliphatic heterocycles. The summed E-state index contributed by atoms with van der Waals surface area (Å²) in [6.07, 6.45) is 2.35. The van der Waals surface area contributed by atoms with E-state index in [1.165, 1.54) is 30.5 Å². The monoisotopic (exact) mass is 288 g/mol. The van der Waals surface area contributed by atoms with Gasteiger partial charge in [0.05, 0.1) is 4.92 Å². The van der Waals surface area contributed by atoms with Crippen LogP contribution in [0.4, 0.5) is 11.4 Å². The molecule has 0 aliphatic carbocycles. The fourth-order valence-corrected chi connectivity index (χ4v) is 1.52. The van der Waals surface area contributed by atoms with Gasteiger partial charge in [0.25, 0.3) is 11.6 Å². The van der Waals surface area contributed by atoms with E-state index in [2.05, 4.69) is 15.3 Å². The van der Waals surface area contributed by atoms with Crippen molar-refractivity contribution in [1.29, 1.82) is 0 Å². The third kappa shape index (κ3) is 3.15. The van der Waals surface area contributed by atoms with E-state index < -0.39 is 22.5 Å². The molecule has 1 aromatic carbocycles. The normalized spacial score (nSPS) is 9.90. The van der Waals surface area contributed by atoms with Crippen LogP contribution in [-0.4, -0.2) is 31.9 Å². The Morgan fingerprint density at radius 2 is 1.67 bits per heavy atom. The average Bonchev–Trinajstić information content (AvgIpc) is 2.47. The van der Waals surface area contributed by atoms with Crippen LogP contribution in [0.5, 0.6) is 0 Å². The molecule has 2 rings (SSSR count). The molecule has 0 aliphatic rings. The standard InChI is InChI=1S/C12H8N4O5/c17-11(9-10(12(18)19)14-6-5-13-9)15-7-1-3-8(4-2-7)16(20)21/h1-6H,(H,15,17)(H,18,19). The molecular weight excluding hydrogens is 280 g/mol. The van der Waals surface area contributed by atoms with E-state index in [4.69, 9.17) is 5.11 Å². The number of nitrogens with zero attached hydrogens (tertiary/aromatic N) is 3. The molecule has 0 saturated heterocycles. The van der Waals surface area contributed by atoms with Crippen LogP contribution in [0.3, 0.4) is 0 Å². The zero-order valence-corrected chi connectivity index (χ0v) is 10.4. The highest BCUT2D eigenvalue weighted by atomic mass is 16.6. The lowest BCUT2D eigenvalue weighted by atomic mass is 10.2. The molecule has 0 radical (unpaired) electrons. The third-order valence-corrected chi connectivity index (χ3v) is 2.45. The summed E-state index contributed by atoms with van der Waals surface area (Å²) in [4.78, 5) is 40.1. The second-order valence-electron chi connectivity index (χ2n) is 3.82. The van der Waals surface area contributed by atoms with Crippen molar-refractivity contribution in [3.8, 4) is 0 Å². The van der Waals surface area contributed by atoms with Crippen LogP contribution >= 0.6 is 0 Å². The molecule has 0 saturated carbocycles. The number of carbonyl (C=O) groups excluding carboxylic acids is 1. The largest absolute Gasteiger partial charge is 0.476 e. The predicted molar refractivity (Wildman–Crippen MR) is 70.0 cm³/mol. The Morgan fingerprint density at radius 3 is 2.19 bits per heavy atom. The number of benzene rings is 1. The van der Waals surface area contributed by atoms with Gasteiger partial charge in [0.2, 0.25) is 0 Å². The van der Waals surface area contributed by atoms with Gasteiger partial charge in [-0.1, -0.05) is 0 Å². The minimum absolute atomic E-state index is 0.126. The Labute approximate surface area is 117 Å². The highest BCUT2D eigenvalue weighted by Gasteiger charge is 2.19. The summed E-state index contributed by atoms with van der Waals surface area (Å²) in [5.74, 6) is -2.15. The lowest BCUT2D eigenvalue weighted by Gasteiger charge is -2.05. The van der Waals surface area contributed by atoms with Gasteiger partial charge in [0, 0.05) is 30.2 Å². The van der Waals surface area contributed by atoms with Gasteiger partial charge in [-0.2, -0.15) is 0 Å². The maximum Gasteiger partial charge on any atom is 0.356 e. The molecule has 106 valence electrons. The molecule has 1 heterocycles. The van der Waals surface area contributed by atoms with Crippen LogP contribution in [0.2, 0.25) is 0 Å². The number of nitrogens with one attached hydrogen (secondary N) is 1. The molecule has 21 heavy (non-hydrogen) atoms. The van der Waals surface area contributed by atoms with E-state index in [1.807, 2.05) is 0 Å². The SMILES string of the molecule is O=C(O)c1nccnc1C(=O)Nc1ccc([N+](=O)[O-])cc1. The Morgan fingerprint density at radius 1 is 1.10 bits per heavy atom. The maximum atomic E-state index is 11.9. The summed E-state index contributed by atoms with van der Waals surface area (Å²) >= 11 is 0. The van der Waals surface area contributed by atoms with Crippen LogP contribution in [0.25, 0.3) is 0 Å². The number of aromatic nitrogens is 2. The van der Waals surface area contributed by atoms with Crippen molar-refractivity contribution in [2.24, 2.45) is 0 Å². The Kier molecular flexibility index (Phi) is 3.84. The van der Waals surface area contributed by atoms with E-state index in [1.54, 1.807) is 0 Å². The number of carbonyl (C=O) groups is 2. The Bertz CT molecular complexity index is 714. The van der Waals surface area contributed by atoms with Gasteiger partial charge in [-0.3, -0.25) is 14.9 Å². The zero-order chi connectivity index (χ0) is 15.4. The number of rotatable bonds is 4. The van der Waals surface area contributed by atoms with Crippen LogP contribution in [0.15, 0.2) is 36.7 Å². The second kappa shape index (κ2) is 5.74. The number of hydrogen-bond acceptors (Lipinski definition) is 6. The molecule has 1 aromatic heterocycles. The van der Waals surface area contributed by atoms with Gasteiger partial charge < -0.3 is 10.4 Å². The molecule has 2 aromatic rings. The van der Waals surface area contributed by atoms with Crippen molar-refractivity contribution < 1.29 is 19.6 Å². The summed E-state index contributed by atoms with van der Waals surface area (Å²) in [5.41, 5.74) is -0.674. The fraction of sp³-hybridized carbons (Fsp3) is 0. The maximum absolute atomic E-state index is 11.9. The van der Waals surface area contributed by atoms with E-state index in [0.29, 0.717) is 0 Å². The van der Waals surface area contributed by atoms with Crippen molar-refractivity contribution in [3.63, 3.8) is 0 Å². The predicted octanol–water partition coefficient (Wildman–Crippen LogP) is 1.34. The number of amides is 1. The molecule has 1 amide bonds. The number of nitro benzene ring substituents is 1. The first kappa shape index (κ1) is 14.1. The van der Waals surface area contributed by atoms with Gasteiger partial charge in [-0.25, -0.2) is 14.8 Å². The number of carboxylic acids is 1. The molecule has 9 heteroatoms. The number of carboxylic acid groups (broad SMARTS) is 1. The number of hydrogen-bond donors (Lipinski definition) is 2. The van der Waals surface area contributed by atoms with Crippen LogP contribution < -0.4 is 5.32 Å². The number of anilines is 1. The van der Waals surface area contributed by atoms with Gasteiger partial charge in [0.1, 0.15) is 0 Å². The Balaban J connectivity index is 2.22. The lowest BCUT2D eigenvalue weighted by molar-refractivity contribution is -0.384. The minimum atomic E-state index is -1.38. The number of aromatic carboxylic acids is 1. The zero-order valence-electron chi connectivity index (χ0n) is 10.4. The van der Waals surface area contributed by atoms with E-state index >= 15 is 0 Å². The van der Waals surface area contributed by atoms with Crippen LogP contribution in [-0.2, 0) is 0 Å². The van der Waals surface area contributed by atoms with E-state index in [0.717, 1.165) is 6.20 Å². The smallest absolute Gasteiger partial charge is 0.356 e. The van der Waals surface area contributed by atoms with Gasteiger partial charge in [-0.05, 0) is 12.1 Å². The van der Waals surface area contributed by atoms with Crippen LogP contribution in [0, 0.1) is 10.1 Å². The summed E-state index contributed by atoms with van der Waals surface area (Å²) in [6.45, 7) is 0. The summed E-state index contributed by atoms with van der Waals surface area (Å²) in [6, 6.07) is 5.08. The lowest BCUT2D eigenvalue weighted by Crippen LogP contribution is -2.19. The van der Waals surface area contributed by atoms with Gasteiger partial charge in [0.15, 0.2) is 11.4 Å². The van der Waals surface area contributed by atoms with Gasteiger partial charge in [-0.15, -0.1) is 0 Å². The highest BCUT2D eigenvalue weighted by molar-refractivity contribution is 6.08. The fourth-order valence-electron chi connectivity index (χ4n) is 1.52. The summed E-state index contributed by atoms with van der Waals surface area (Å²) in [7, 11) is 0. The first-order chi connectivity index (χ1) is 9.99. The molecular formula is C12H8N4O5. The van der Waals surface area contributed by atoms with Crippen molar-refractivity contribution in [2.45, 2.75) is 0 Å². The van der Waals surface area contributed by atoms with E-state index in [-0.39, 0.29) is 17.1 Å². The number of nitro groups is 1. The van der Waals surface area contributed by atoms with Crippen molar-refractivity contribution in [1.82, 2.24) is 9.97 Å². The van der Waals surface area contributed by atoms with Gasteiger partial charge >= 0.3 is 5.97 Å². The molecule has 0 fully saturated rings. The van der Waals surface area contributed by atoms with Crippen molar-refractivity contribution in [2.75, 3.05) is 5.32 Å². The number of non-ortho nitro benzene ring substituents is 1. The Hall–Kier alpha value is -3.36. The first-order valence-corrected chi connectivity index (χ1v) is 5.59. The molecule has 0 bridgehead atoms. The molecule has 0 atom stereocenters. The highest BCUT2D eigenvalue weighted by Crippen LogP contribution is 2.16. The average molecular weight is 288 g/mol. The molecule has 0 unspecified atom stereocenters. The second-order valence-corrected chi connectivity index (χ2v) is 3.82. The summed E-state index contributed by atoms with van der Waals surface area (Å²) < 4.78 is 0. The minimum Gasteiger partial charge on any atom is -0.476 e. The molecule has 0 spiro atoms. The van der Waals surface area contributed by atoms with Crippen molar-refractivity contribution >= 4 is 23.3 Å². The van der Waals surface area contributed by atoms with Crippen molar-refractivity contribution in [3.05, 3.63) is 58.2 Å². The van der Waals surface area contributed by atoms with Crippen LogP contribution in [0.1, 0.15) is 21.0 Å².